The Morgan fingerprint density at radius 1 is 1.02 bits per heavy atom. The van der Waals surface area contributed by atoms with Crippen molar-refractivity contribution >= 4 is 38.4 Å². The van der Waals surface area contributed by atoms with Crippen LogP contribution in [0.15, 0.2) is 42.5 Å². The number of aromatic nitrogens is 1. The highest BCUT2D eigenvalue weighted by molar-refractivity contribution is 7.89. The molecule has 11 nitrogen and oxygen atoms in total. The van der Waals surface area contributed by atoms with Crippen LogP contribution in [0.2, 0.25) is 0 Å². The van der Waals surface area contributed by atoms with E-state index < -0.39 is 15.9 Å². The Morgan fingerprint density at radius 2 is 1.79 bits per heavy atom. The lowest BCUT2D eigenvalue weighted by Crippen LogP contribution is -2.39. The number of piperidine rings is 1. The van der Waals surface area contributed by atoms with Crippen LogP contribution in [-0.4, -0.2) is 76.3 Å². The van der Waals surface area contributed by atoms with Gasteiger partial charge in [0.1, 0.15) is 13.2 Å². The molecule has 3 heterocycles. The molecule has 1 aromatic heterocycles. The molecule has 1 saturated heterocycles. The number of nitrogens with one attached hydrogen (secondary N) is 2. The van der Waals surface area contributed by atoms with E-state index in [0.717, 1.165) is 67.6 Å². The first-order valence-corrected chi connectivity index (χ1v) is 16.0. The van der Waals surface area contributed by atoms with Gasteiger partial charge in [0.15, 0.2) is 11.5 Å². The van der Waals surface area contributed by atoms with E-state index >= 15 is 0 Å². The van der Waals surface area contributed by atoms with Gasteiger partial charge in [-0.1, -0.05) is 12.1 Å². The van der Waals surface area contributed by atoms with Gasteiger partial charge in [0.25, 0.3) is 0 Å². The van der Waals surface area contributed by atoms with Crippen LogP contribution in [0.1, 0.15) is 30.4 Å². The molecule has 2 N–H and O–H groups in total. The number of carbonyl (C=O) groups is 2. The minimum Gasteiger partial charge on any atom is -0.486 e. The van der Waals surface area contributed by atoms with Crippen LogP contribution < -0.4 is 24.2 Å². The monoisotopic (exact) mass is 596 g/mol. The maximum atomic E-state index is 13.3. The number of likely N-dealkylation sites (tertiary alicyclic amines) is 1. The number of anilines is 1. The fourth-order valence-corrected chi connectivity index (χ4v) is 5.90. The first-order valence-electron chi connectivity index (χ1n) is 14.1. The normalized spacial score (nSPS) is 15.8. The fraction of sp³-hybridized carbons (Fsp3) is 0.433. The van der Waals surface area contributed by atoms with Crippen LogP contribution in [0.3, 0.4) is 0 Å². The molecule has 1 fully saturated rings. The van der Waals surface area contributed by atoms with Gasteiger partial charge in [0, 0.05) is 30.3 Å². The molecular weight excluding hydrogens is 560 g/mol. The molecule has 2 amide bonds. The van der Waals surface area contributed by atoms with Crippen molar-refractivity contribution in [3.63, 3.8) is 0 Å². The number of amides is 2. The molecule has 2 aliphatic rings. The summed E-state index contributed by atoms with van der Waals surface area (Å²) in [5.74, 6) is 1.26. The van der Waals surface area contributed by atoms with E-state index in [0.29, 0.717) is 36.7 Å². The van der Waals surface area contributed by atoms with E-state index in [4.69, 9.17) is 14.2 Å². The fourth-order valence-electron chi connectivity index (χ4n) is 5.38. The first kappa shape index (κ1) is 29.6. The summed E-state index contributed by atoms with van der Waals surface area (Å²) >= 11 is 0. The molecular formula is C30H36N4O7S. The van der Waals surface area contributed by atoms with Crippen LogP contribution >= 0.6 is 0 Å². The largest absolute Gasteiger partial charge is 0.486 e. The minimum absolute atomic E-state index is 0.00680. The summed E-state index contributed by atoms with van der Waals surface area (Å²) in [4.78, 5) is 32.3. The third kappa shape index (κ3) is 7.48. The molecule has 2 aliphatic heterocycles. The van der Waals surface area contributed by atoms with Gasteiger partial charge in [-0.3, -0.25) is 14.3 Å². The number of pyridine rings is 1. The predicted octanol–water partition coefficient (Wildman–Crippen LogP) is 2.92. The van der Waals surface area contributed by atoms with Crippen LogP contribution in [0, 0.1) is 5.92 Å². The number of benzene rings is 2. The number of hydrogen-bond donors (Lipinski definition) is 2. The van der Waals surface area contributed by atoms with E-state index in [1.807, 2.05) is 22.9 Å². The first-order chi connectivity index (χ1) is 20.2. The van der Waals surface area contributed by atoms with Crippen molar-refractivity contribution in [3.8, 4) is 17.4 Å². The number of methoxy groups -OCH3 is 1. The summed E-state index contributed by atoms with van der Waals surface area (Å²) in [6.45, 7) is 3.73. The van der Waals surface area contributed by atoms with E-state index in [9.17, 15) is 18.0 Å². The Bertz CT molecular complexity index is 1570. The second kappa shape index (κ2) is 13.0. The summed E-state index contributed by atoms with van der Waals surface area (Å²) in [7, 11) is -2.10. The molecule has 5 rings (SSSR count). The molecule has 224 valence electrons. The van der Waals surface area contributed by atoms with E-state index in [2.05, 4.69) is 27.3 Å². The van der Waals surface area contributed by atoms with Crippen LogP contribution in [0.4, 0.5) is 5.69 Å². The molecule has 0 atom stereocenters. The lowest BCUT2D eigenvalue weighted by Gasteiger charge is -2.31. The van der Waals surface area contributed by atoms with Gasteiger partial charge in [0.05, 0.1) is 24.6 Å². The van der Waals surface area contributed by atoms with Crippen molar-refractivity contribution in [3.05, 3.63) is 53.6 Å². The lowest BCUT2D eigenvalue weighted by atomic mass is 9.95. The summed E-state index contributed by atoms with van der Waals surface area (Å²) < 4.78 is 41.3. The summed E-state index contributed by atoms with van der Waals surface area (Å²) in [6.07, 6.45) is 3.66. The van der Waals surface area contributed by atoms with Crippen molar-refractivity contribution in [1.82, 2.24) is 14.6 Å². The number of nitrogens with zero attached hydrogens (tertiary/aromatic N) is 2. The van der Waals surface area contributed by atoms with Crippen molar-refractivity contribution < 1.29 is 32.2 Å². The van der Waals surface area contributed by atoms with Crippen molar-refractivity contribution in [1.29, 1.82) is 0 Å². The summed E-state index contributed by atoms with van der Waals surface area (Å²) in [5.41, 5.74) is 3.14. The molecule has 3 aromatic rings. The third-order valence-electron chi connectivity index (χ3n) is 7.59. The molecule has 2 aromatic carbocycles. The average Bonchev–Trinajstić information content (AvgIpc) is 2.98. The van der Waals surface area contributed by atoms with Crippen LogP contribution in [-0.2, 0) is 32.5 Å². The van der Waals surface area contributed by atoms with Crippen molar-refractivity contribution in [2.24, 2.45) is 5.92 Å². The van der Waals surface area contributed by atoms with Gasteiger partial charge < -0.3 is 24.4 Å². The van der Waals surface area contributed by atoms with E-state index in [-0.39, 0.29) is 18.2 Å². The molecule has 42 heavy (non-hydrogen) atoms. The summed E-state index contributed by atoms with van der Waals surface area (Å²) in [6, 6.07) is 13.3. The standard InChI is InChI=1S/C30H36N4O7S/c1-39-28-10-6-23-21(5-9-27(35)33-42(2,37)38)4-7-24(29(23)32-28)31-30(36)22-12-15-34(16-13-22)14-11-20-3-8-25-26(19-20)41-18-17-40-25/h3-4,6-8,10,19,22H,5,9,11-18H2,1-2H3,(H,31,36)(H,33,35). The van der Waals surface area contributed by atoms with E-state index in [1.54, 1.807) is 12.1 Å². The number of carbonyl (C=O) groups excluding carboxylic acids is 2. The Balaban J connectivity index is 1.19. The van der Waals surface area contributed by atoms with Crippen LogP contribution in [0.25, 0.3) is 10.9 Å². The van der Waals surface area contributed by atoms with Gasteiger partial charge in [0.2, 0.25) is 27.7 Å². The number of sulfonamides is 1. The number of fused-ring (bicyclic) bond motifs is 2. The Labute approximate surface area is 245 Å². The smallest absolute Gasteiger partial charge is 0.233 e. The van der Waals surface area contributed by atoms with Gasteiger partial charge in [-0.2, -0.15) is 0 Å². The second-order valence-corrected chi connectivity index (χ2v) is 12.4. The highest BCUT2D eigenvalue weighted by Crippen LogP contribution is 2.32. The van der Waals surface area contributed by atoms with Crippen molar-refractivity contribution in [2.75, 3.05) is 51.5 Å². The maximum absolute atomic E-state index is 13.3. The quantitative estimate of drug-likeness (QED) is 0.362. The van der Waals surface area contributed by atoms with Gasteiger partial charge in [-0.05, 0) is 74.2 Å². The average molecular weight is 597 g/mol. The molecule has 0 saturated carbocycles. The second-order valence-electron chi connectivity index (χ2n) is 10.7. The van der Waals surface area contributed by atoms with Gasteiger partial charge in [-0.25, -0.2) is 13.4 Å². The molecule has 0 spiro atoms. The highest BCUT2D eigenvalue weighted by atomic mass is 32.2. The minimum atomic E-state index is -3.62. The Morgan fingerprint density at radius 3 is 2.52 bits per heavy atom. The van der Waals surface area contributed by atoms with Gasteiger partial charge >= 0.3 is 0 Å². The molecule has 12 heteroatoms. The summed E-state index contributed by atoms with van der Waals surface area (Å²) in [5, 5.41) is 3.83. The zero-order valence-electron chi connectivity index (χ0n) is 23.9. The molecule has 0 bridgehead atoms. The van der Waals surface area contributed by atoms with Crippen LogP contribution in [0.5, 0.6) is 17.4 Å². The topological polar surface area (TPSA) is 136 Å². The highest BCUT2D eigenvalue weighted by Gasteiger charge is 2.26. The van der Waals surface area contributed by atoms with Crippen molar-refractivity contribution in [2.45, 2.75) is 32.1 Å². The number of rotatable bonds is 10. The van der Waals surface area contributed by atoms with Gasteiger partial charge in [-0.15, -0.1) is 0 Å². The van der Waals surface area contributed by atoms with E-state index in [1.165, 1.54) is 12.7 Å². The SMILES string of the molecule is COc1ccc2c(CCC(=O)NS(C)(=O)=O)ccc(NC(=O)C3CCN(CCc4ccc5c(c4)OCCO5)CC3)c2n1. The Hall–Kier alpha value is -3.90. The molecule has 0 unspecified atom stereocenters. The number of hydrogen-bond acceptors (Lipinski definition) is 9. The molecule has 0 aliphatic carbocycles. The maximum Gasteiger partial charge on any atom is 0.233 e. The Kier molecular flexibility index (Phi) is 9.12. The zero-order valence-corrected chi connectivity index (χ0v) is 24.7. The zero-order chi connectivity index (χ0) is 29.7. The molecule has 0 radical (unpaired) electrons. The number of ether oxygens (including phenoxy) is 3. The lowest BCUT2D eigenvalue weighted by molar-refractivity contribution is -0.121. The third-order valence-corrected chi connectivity index (χ3v) is 8.19. The predicted molar refractivity (Wildman–Crippen MR) is 159 cm³/mol. The number of aryl methyl sites for hydroxylation is 1.